The van der Waals surface area contributed by atoms with Gasteiger partial charge < -0.3 is 10.5 Å². The van der Waals surface area contributed by atoms with E-state index < -0.39 is 13.0 Å². The summed E-state index contributed by atoms with van der Waals surface area (Å²) >= 11 is 0. The molecule has 196 valence electrons. The van der Waals surface area contributed by atoms with E-state index in [1.54, 1.807) is 26.0 Å². The zero-order valence-electron chi connectivity index (χ0n) is 20.6. The Kier molecular flexibility index (Phi) is 5.94. The van der Waals surface area contributed by atoms with Crippen molar-refractivity contribution < 1.29 is 13.5 Å². The number of rotatable bonds is 7. The summed E-state index contributed by atoms with van der Waals surface area (Å²) in [6.45, 7) is 1.14. The second-order valence-electron chi connectivity index (χ2n) is 8.76. The van der Waals surface area contributed by atoms with Crippen LogP contribution in [0.15, 0.2) is 72.2 Å². The number of aryl methyl sites for hydroxylation is 1. The Labute approximate surface area is 219 Å². The van der Waals surface area contributed by atoms with Crippen LogP contribution in [-0.4, -0.2) is 51.9 Å². The van der Waals surface area contributed by atoms with Crippen molar-refractivity contribution in [2.45, 2.75) is 19.9 Å². The van der Waals surface area contributed by atoms with Gasteiger partial charge >= 0.3 is 0 Å². The monoisotopic (exact) mass is 529 g/mol. The van der Waals surface area contributed by atoms with Gasteiger partial charge in [0.15, 0.2) is 11.5 Å². The van der Waals surface area contributed by atoms with Crippen LogP contribution in [0.1, 0.15) is 11.4 Å². The molecule has 11 nitrogen and oxygen atoms in total. The van der Waals surface area contributed by atoms with Crippen molar-refractivity contribution in [3.05, 3.63) is 89.1 Å². The number of alkyl halides is 2. The molecule has 2 N–H and O–H groups in total. The third-order valence-corrected chi connectivity index (χ3v) is 6.18. The molecule has 0 aliphatic heterocycles. The number of benzene rings is 1. The number of ether oxygens (including phenoxy) is 1. The molecule has 0 aliphatic rings. The fourth-order valence-electron chi connectivity index (χ4n) is 4.47. The van der Waals surface area contributed by atoms with E-state index in [0.29, 0.717) is 39.3 Å². The zero-order chi connectivity index (χ0) is 27.1. The van der Waals surface area contributed by atoms with Crippen molar-refractivity contribution >= 4 is 22.4 Å². The molecule has 0 spiro atoms. The lowest BCUT2D eigenvalue weighted by molar-refractivity contribution is 0.0817. The smallest absolute Gasteiger partial charge is 0.282 e. The van der Waals surface area contributed by atoms with Gasteiger partial charge in [-0.25, -0.2) is 27.9 Å². The number of hydrogen-bond donors (Lipinski definition) is 1. The van der Waals surface area contributed by atoms with Crippen molar-refractivity contribution in [2.75, 3.05) is 12.3 Å². The molecule has 0 radical (unpaired) electrons. The number of nitrogen functional groups attached to an aromatic ring is 1. The topological polar surface area (TPSA) is 131 Å². The maximum Gasteiger partial charge on any atom is 0.282 e. The lowest BCUT2D eigenvalue weighted by Crippen LogP contribution is -2.28. The molecule has 5 aromatic heterocycles. The first kappa shape index (κ1) is 24.2. The van der Waals surface area contributed by atoms with E-state index in [4.69, 9.17) is 20.7 Å². The maximum absolute atomic E-state index is 13.7. The number of fused-ring (bicyclic) bond motifs is 2. The van der Waals surface area contributed by atoms with E-state index in [9.17, 15) is 13.6 Å². The number of para-hydroxylation sites is 1. The second kappa shape index (κ2) is 9.59. The number of anilines is 1. The minimum atomic E-state index is -2.63. The summed E-state index contributed by atoms with van der Waals surface area (Å²) in [6, 6.07) is 12.6. The van der Waals surface area contributed by atoms with Gasteiger partial charge in [0, 0.05) is 18.0 Å². The molecule has 0 atom stereocenters. The van der Waals surface area contributed by atoms with Crippen LogP contribution in [0.5, 0.6) is 5.75 Å². The van der Waals surface area contributed by atoms with Crippen molar-refractivity contribution in [3.63, 3.8) is 0 Å². The highest BCUT2D eigenvalue weighted by atomic mass is 19.3. The summed E-state index contributed by atoms with van der Waals surface area (Å²) in [5.41, 5.74) is 9.16. The lowest BCUT2D eigenvalue weighted by Gasteiger charge is -2.13. The van der Waals surface area contributed by atoms with Crippen LogP contribution in [0.4, 0.5) is 14.6 Å². The van der Waals surface area contributed by atoms with Crippen LogP contribution >= 0.6 is 0 Å². The molecule has 0 fully saturated rings. The molecular formula is C26H21F2N9O2. The van der Waals surface area contributed by atoms with Crippen LogP contribution < -0.4 is 16.0 Å². The summed E-state index contributed by atoms with van der Waals surface area (Å²) in [4.78, 5) is 26.3. The molecule has 0 bridgehead atoms. The van der Waals surface area contributed by atoms with Crippen molar-refractivity contribution in [1.29, 1.82) is 0 Å². The number of nitrogens with two attached hydrogens (primary N) is 1. The predicted molar refractivity (Wildman–Crippen MR) is 139 cm³/mol. The normalized spacial score (nSPS) is 11.6. The third kappa shape index (κ3) is 4.33. The quantitative estimate of drug-likeness (QED) is 0.333. The predicted octanol–water partition coefficient (Wildman–Crippen LogP) is 3.27. The van der Waals surface area contributed by atoms with Gasteiger partial charge in [0.05, 0.1) is 17.3 Å². The summed E-state index contributed by atoms with van der Waals surface area (Å²) in [7, 11) is 0. The Bertz CT molecular complexity index is 1880. The van der Waals surface area contributed by atoms with Gasteiger partial charge in [0.2, 0.25) is 0 Å². The largest absolute Gasteiger partial charge is 0.486 e. The average Bonchev–Trinajstić information content (AvgIpc) is 3.49. The zero-order valence-corrected chi connectivity index (χ0v) is 20.6. The number of pyridine rings is 1. The van der Waals surface area contributed by atoms with Gasteiger partial charge in [0.1, 0.15) is 42.3 Å². The van der Waals surface area contributed by atoms with Crippen LogP contribution in [0.3, 0.4) is 0 Å². The average molecular weight is 530 g/mol. The van der Waals surface area contributed by atoms with E-state index in [1.165, 1.54) is 18.7 Å². The van der Waals surface area contributed by atoms with Gasteiger partial charge in [-0.3, -0.25) is 14.3 Å². The Balaban J connectivity index is 1.52. The molecule has 0 saturated carbocycles. The van der Waals surface area contributed by atoms with E-state index in [1.807, 2.05) is 43.3 Å². The van der Waals surface area contributed by atoms with Crippen molar-refractivity contribution in [2.24, 2.45) is 0 Å². The molecule has 0 unspecified atom stereocenters. The standard InChI is InChI=1S/C26H21F2N9O2/c1-15-7-8-35-23(15)26(38)37(17-5-3-2-4-6-17)20(33-35)12-36-25-21(24(29)31-14-32-25)22(34-36)16-9-18(11-30-10-16)39-13-19(27)28/h2-11,14,19H,12-13H2,1H3,(H2,29,31,32). The van der Waals surface area contributed by atoms with E-state index in [-0.39, 0.29) is 23.7 Å². The molecular weight excluding hydrogens is 508 g/mol. The Morgan fingerprint density at radius 1 is 1.08 bits per heavy atom. The number of nitrogens with zero attached hydrogens (tertiary/aromatic N) is 8. The molecule has 13 heteroatoms. The molecule has 5 heterocycles. The fraction of sp³-hybridized carbons (Fsp3) is 0.154. The third-order valence-electron chi connectivity index (χ3n) is 6.18. The summed E-state index contributed by atoms with van der Waals surface area (Å²) in [5.74, 6) is 0.721. The lowest BCUT2D eigenvalue weighted by atomic mass is 10.1. The SMILES string of the molecule is Cc1ccn2nc(Cn3nc(-c4cncc(OCC(F)F)c4)c4c(N)ncnc43)n(-c3ccccc3)c(=O)c12. The first-order valence-corrected chi connectivity index (χ1v) is 11.9. The van der Waals surface area contributed by atoms with Crippen molar-refractivity contribution in [1.82, 2.24) is 38.9 Å². The summed E-state index contributed by atoms with van der Waals surface area (Å²) < 4.78 is 35.1. The number of halogens is 2. The highest BCUT2D eigenvalue weighted by Crippen LogP contribution is 2.31. The highest BCUT2D eigenvalue weighted by molar-refractivity contribution is 5.98. The van der Waals surface area contributed by atoms with Crippen molar-refractivity contribution in [3.8, 4) is 22.7 Å². The minimum absolute atomic E-state index is 0.0548. The maximum atomic E-state index is 13.7. The first-order chi connectivity index (χ1) is 18.9. The van der Waals surface area contributed by atoms with E-state index in [2.05, 4.69) is 15.0 Å². The van der Waals surface area contributed by atoms with E-state index in [0.717, 1.165) is 5.56 Å². The summed E-state index contributed by atoms with van der Waals surface area (Å²) in [5, 5.41) is 9.90. The second-order valence-corrected chi connectivity index (χ2v) is 8.76. The molecule has 6 aromatic rings. The van der Waals surface area contributed by atoms with E-state index >= 15 is 0 Å². The molecule has 39 heavy (non-hydrogen) atoms. The van der Waals surface area contributed by atoms with Crippen LogP contribution in [0, 0.1) is 6.92 Å². The number of aromatic nitrogens is 8. The number of hydrogen-bond acceptors (Lipinski definition) is 8. The first-order valence-electron chi connectivity index (χ1n) is 11.9. The molecule has 0 aliphatic carbocycles. The summed E-state index contributed by atoms with van der Waals surface area (Å²) in [6.07, 6.45) is 3.26. The van der Waals surface area contributed by atoms with Crippen LogP contribution in [-0.2, 0) is 6.54 Å². The van der Waals surface area contributed by atoms with Gasteiger partial charge in [-0.2, -0.15) is 10.2 Å². The highest BCUT2D eigenvalue weighted by Gasteiger charge is 2.21. The van der Waals surface area contributed by atoms with Gasteiger partial charge in [-0.15, -0.1) is 0 Å². The van der Waals surface area contributed by atoms with Gasteiger partial charge in [0.25, 0.3) is 12.0 Å². The fourth-order valence-corrected chi connectivity index (χ4v) is 4.47. The van der Waals surface area contributed by atoms with Crippen LogP contribution in [0.25, 0.3) is 33.5 Å². The van der Waals surface area contributed by atoms with Gasteiger partial charge in [-0.1, -0.05) is 18.2 Å². The Morgan fingerprint density at radius 3 is 2.69 bits per heavy atom. The molecule has 0 amide bonds. The molecule has 0 saturated heterocycles. The Hall–Kier alpha value is -5.20. The Morgan fingerprint density at radius 2 is 1.90 bits per heavy atom. The van der Waals surface area contributed by atoms with Crippen LogP contribution in [0.2, 0.25) is 0 Å². The van der Waals surface area contributed by atoms with Gasteiger partial charge in [-0.05, 0) is 36.8 Å². The molecule has 1 aromatic carbocycles. The minimum Gasteiger partial charge on any atom is -0.486 e. The molecule has 6 rings (SSSR count).